The maximum absolute atomic E-state index is 3.28. The predicted molar refractivity (Wildman–Crippen MR) is 87.1 cm³/mol. The molecule has 3 rings (SSSR count). The molecule has 0 bridgehead atoms. The average molecular weight is 262 g/mol. The summed E-state index contributed by atoms with van der Waals surface area (Å²) in [6, 6.07) is 21.1. The lowest BCUT2D eigenvalue weighted by atomic mass is 10.1. The highest BCUT2D eigenvalue weighted by Crippen LogP contribution is 2.20. The summed E-state index contributed by atoms with van der Waals surface area (Å²) in [6.45, 7) is 4.20. The van der Waals surface area contributed by atoms with Crippen LogP contribution >= 0.6 is 0 Å². The van der Waals surface area contributed by atoms with Crippen LogP contribution in [0.3, 0.4) is 0 Å². The Morgan fingerprint density at radius 1 is 0.700 bits per heavy atom. The molecule has 3 aromatic carbocycles. The Morgan fingerprint density at radius 2 is 1.50 bits per heavy atom. The molecule has 0 unspecified atom stereocenters. The zero-order chi connectivity index (χ0) is 13.9. The van der Waals surface area contributed by atoms with E-state index in [-0.39, 0.29) is 0 Å². The van der Waals surface area contributed by atoms with Crippen molar-refractivity contribution in [2.24, 2.45) is 0 Å². The number of anilines is 2. The summed E-state index contributed by atoms with van der Waals surface area (Å²) in [5.41, 5.74) is 11.2. The molecule has 0 amide bonds. The van der Waals surface area contributed by atoms with Gasteiger partial charge in [-0.3, -0.25) is 0 Å². The van der Waals surface area contributed by atoms with Crippen LogP contribution < -0.4 is 10.9 Å². The van der Waals surface area contributed by atoms with E-state index in [4.69, 9.17) is 0 Å². The van der Waals surface area contributed by atoms with Crippen molar-refractivity contribution in [2.75, 3.05) is 10.9 Å². The van der Waals surface area contributed by atoms with Crippen LogP contribution in [0.2, 0.25) is 0 Å². The molecule has 0 fully saturated rings. The molecule has 2 nitrogen and oxygen atoms in total. The highest BCUT2D eigenvalue weighted by Gasteiger charge is 1.99. The predicted octanol–water partition coefficient (Wildman–Crippen LogP) is 4.90. The lowest BCUT2D eigenvalue weighted by Gasteiger charge is -2.13. The topological polar surface area (TPSA) is 24.1 Å². The lowest BCUT2D eigenvalue weighted by molar-refractivity contribution is 1.33. The lowest BCUT2D eigenvalue weighted by Crippen LogP contribution is -2.09. The van der Waals surface area contributed by atoms with Gasteiger partial charge in [0.05, 0.1) is 11.4 Å². The minimum atomic E-state index is 1.06. The van der Waals surface area contributed by atoms with Crippen molar-refractivity contribution in [2.45, 2.75) is 13.8 Å². The van der Waals surface area contributed by atoms with Crippen LogP contribution in [-0.4, -0.2) is 0 Å². The monoisotopic (exact) mass is 262 g/mol. The molecule has 2 heteroatoms. The van der Waals surface area contributed by atoms with Crippen LogP contribution in [0.25, 0.3) is 10.8 Å². The van der Waals surface area contributed by atoms with E-state index in [0.717, 1.165) is 11.4 Å². The second-order valence-electron chi connectivity index (χ2n) is 5.13. The van der Waals surface area contributed by atoms with E-state index in [1.807, 2.05) is 0 Å². The molecule has 3 aromatic rings. The third-order valence-corrected chi connectivity index (χ3v) is 3.48. The summed E-state index contributed by atoms with van der Waals surface area (Å²) in [6.07, 6.45) is 0. The van der Waals surface area contributed by atoms with Gasteiger partial charge >= 0.3 is 0 Å². The first-order chi connectivity index (χ1) is 9.72. The minimum Gasteiger partial charge on any atom is -0.301 e. The Morgan fingerprint density at radius 3 is 2.35 bits per heavy atom. The smallest absolute Gasteiger partial charge is 0.0571 e. The molecular weight excluding hydrogens is 244 g/mol. The number of fused-ring (bicyclic) bond motifs is 1. The summed E-state index contributed by atoms with van der Waals surface area (Å²) in [4.78, 5) is 0. The summed E-state index contributed by atoms with van der Waals surface area (Å²) in [7, 11) is 0. The van der Waals surface area contributed by atoms with Crippen molar-refractivity contribution in [3.05, 3.63) is 71.8 Å². The number of hydrogen-bond acceptors (Lipinski definition) is 2. The highest BCUT2D eigenvalue weighted by molar-refractivity contribution is 5.85. The van der Waals surface area contributed by atoms with Crippen LogP contribution in [0.5, 0.6) is 0 Å². The van der Waals surface area contributed by atoms with Crippen LogP contribution in [0, 0.1) is 13.8 Å². The van der Waals surface area contributed by atoms with Gasteiger partial charge in [-0.1, -0.05) is 42.5 Å². The highest BCUT2D eigenvalue weighted by atomic mass is 15.4. The molecule has 2 N–H and O–H groups in total. The van der Waals surface area contributed by atoms with Gasteiger partial charge in [0.25, 0.3) is 0 Å². The van der Waals surface area contributed by atoms with Gasteiger partial charge in [0.1, 0.15) is 0 Å². The Hall–Kier alpha value is -2.48. The third kappa shape index (κ3) is 2.59. The third-order valence-electron chi connectivity index (χ3n) is 3.48. The maximum atomic E-state index is 3.28. The number of hydrogen-bond donors (Lipinski definition) is 2. The number of hydrazine groups is 1. The molecule has 0 aromatic heterocycles. The van der Waals surface area contributed by atoms with Gasteiger partial charge in [0.15, 0.2) is 0 Å². The average Bonchev–Trinajstić information content (AvgIpc) is 2.48. The molecule has 0 saturated heterocycles. The van der Waals surface area contributed by atoms with E-state index in [0.29, 0.717) is 0 Å². The van der Waals surface area contributed by atoms with Gasteiger partial charge in [-0.15, -0.1) is 0 Å². The number of nitrogens with one attached hydrogen (secondary N) is 2. The quantitative estimate of drug-likeness (QED) is 0.656. The number of rotatable bonds is 3. The fourth-order valence-electron chi connectivity index (χ4n) is 2.28. The van der Waals surface area contributed by atoms with Crippen molar-refractivity contribution >= 4 is 22.1 Å². The molecule has 0 aliphatic heterocycles. The Bertz CT molecular complexity index is 747. The van der Waals surface area contributed by atoms with Crippen molar-refractivity contribution < 1.29 is 0 Å². The number of aryl methyl sites for hydroxylation is 2. The van der Waals surface area contributed by atoms with Gasteiger partial charge in [0, 0.05) is 0 Å². The fourth-order valence-corrected chi connectivity index (χ4v) is 2.28. The van der Waals surface area contributed by atoms with Crippen LogP contribution in [0.1, 0.15) is 11.1 Å². The van der Waals surface area contributed by atoms with E-state index in [1.54, 1.807) is 0 Å². The SMILES string of the molecule is Cc1ccc(C)c(NNc2ccc3ccccc3c2)c1. The maximum Gasteiger partial charge on any atom is 0.0571 e. The van der Waals surface area contributed by atoms with E-state index in [1.165, 1.54) is 21.9 Å². The molecule has 0 aliphatic carbocycles. The second-order valence-corrected chi connectivity index (χ2v) is 5.13. The molecule has 20 heavy (non-hydrogen) atoms. The van der Waals surface area contributed by atoms with E-state index < -0.39 is 0 Å². The number of benzene rings is 3. The first-order valence-electron chi connectivity index (χ1n) is 6.80. The summed E-state index contributed by atoms with van der Waals surface area (Å²) in [5.74, 6) is 0. The Balaban J connectivity index is 1.81. The second kappa shape index (κ2) is 5.25. The minimum absolute atomic E-state index is 1.06. The summed E-state index contributed by atoms with van der Waals surface area (Å²) < 4.78 is 0. The molecular formula is C18H18N2. The fraction of sp³-hybridized carbons (Fsp3) is 0.111. The summed E-state index contributed by atoms with van der Waals surface area (Å²) in [5, 5.41) is 2.49. The van der Waals surface area contributed by atoms with Gasteiger partial charge < -0.3 is 10.9 Å². The van der Waals surface area contributed by atoms with Crippen LogP contribution in [0.4, 0.5) is 11.4 Å². The molecule has 100 valence electrons. The van der Waals surface area contributed by atoms with Crippen molar-refractivity contribution in [1.82, 2.24) is 0 Å². The molecule has 0 radical (unpaired) electrons. The van der Waals surface area contributed by atoms with Gasteiger partial charge in [0.2, 0.25) is 0 Å². The van der Waals surface area contributed by atoms with Crippen molar-refractivity contribution in [1.29, 1.82) is 0 Å². The van der Waals surface area contributed by atoms with Gasteiger partial charge in [-0.05, 0) is 53.9 Å². The van der Waals surface area contributed by atoms with E-state index in [9.17, 15) is 0 Å². The zero-order valence-corrected chi connectivity index (χ0v) is 11.8. The van der Waals surface area contributed by atoms with Crippen LogP contribution in [-0.2, 0) is 0 Å². The first kappa shape index (κ1) is 12.5. The van der Waals surface area contributed by atoms with Crippen molar-refractivity contribution in [3.63, 3.8) is 0 Å². The van der Waals surface area contributed by atoms with Gasteiger partial charge in [-0.25, -0.2) is 0 Å². The molecule has 0 saturated carbocycles. The Kier molecular flexibility index (Phi) is 3.30. The molecule has 0 atom stereocenters. The van der Waals surface area contributed by atoms with E-state index in [2.05, 4.69) is 85.4 Å². The van der Waals surface area contributed by atoms with Crippen molar-refractivity contribution in [3.8, 4) is 0 Å². The zero-order valence-electron chi connectivity index (χ0n) is 11.8. The molecule has 0 aliphatic rings. The van der Waals surface area contributed by atoms with Crippen LogP contribution in [0.15, 0.2) is 60.7 Å². The first-order valence-corrected chi connectivity index (χ1v) is 6.80. The summed E-state index contributed by atoms with van der Waals surface area (Å²) >= 11 is 0. The largest absolute Gasteiger partial charge is 0.301 e. The Labute approximate surface area is 119 Å². The molecule has 0 heterocycles. The van der Waals surface area contributed by atoms with E-state index >= 15 is 0 Å². The van der Waals surface area contributed by atoms with Gasteiger partial charge in [-0.2, -0.15) is 0 Å². The standard InChI is InChI=1S/C18H18N2/c1-13-7-8-14(2)18(11-13)20-19-17-10-9-15-5-3-4-6-16(15)12-17/h3-12,19-20H,1-2H3. The molecule has 0 spiro atoms. The normalized spacial score (nSPS) is 10.5.